The van der Waals surface area contributed by atoms with Gasteiger partial charge in [0.05, 0.1) is 11.7 Å². The maximum absolute atomic E-state index is 12.7. The number of benzene rings is 2. The fourth-order valence-electron chi connectivity index (χ4n) is 3.54. The molecule has 0 spiro atoms. The zero-order chi connectivity index (χ0) is 24.2. The summed E-state index contributed by atoms with van der Waals surface area (Å²) in [5.74, 6) is 1.12. The lowest BCUT2D eigenvalue weighted by atomic mass is 10.0. The Morgan fingerprint density at radius 2 is 1.94 bits per heavy atom. The molecule has 174 valence electrons. The van der Waals surface area contributed by atoms with Crippen LogP contribution in [0.1, 0.15) is 49.7 Å². The second-order valence-corrected chi connectivity index (χ2v) is 8.75. The molecule has 9 heteroatoms. The van der Waals surface area contributed by atoms with E-state index in [0.717, 1.165) is 22.3 Å². The third kappa shape index (κ3) is 5.23. The maximum atomic E-state index is 12.7. The average Bonchev–Trinajstić information content (AvgIpc) is 3.30. The van der Waals surface area contributed by atoms with Crippen LogP contribution in [0.5, 0.6) is 5.75 Å². The van der Waals surface area contributed by atoms with Crippen molar-refractivity contribution in [2.75, 3.05) is 0 Å². The van der Waals surface area contributed by atoms with Gasteiger partial charge in [0.2, 0.25) is 0 Å². The average molecular weight is 477 g/mol. The van der Waals surface area contributed by atoms with Gasteiger partial charge in [-0.2, -0.15) is 4.68 Å². The molecular formula is C25H25ClN6O2. The van der Waals surface area contributed by atoms with Gasteiger partial charge in [0.1, 0.15) is 5.75 Å². The van der Waals surface area contributed by atoms with E-state index in [0.29, 0.717) is 22.3 Å². The van der Waals surface area contributed by atoms with E-state index < -0.39 is 6.09 Å². The minimum Gasteiger partial charge on any atom is -0.410 e. The van der Waals surface area contributed by atoms with Crippen molar-refractivity contribution in [2.45, 2.75) is 39.7 Å². The zero-order valence-electron chi connectivity index (χ0n) is 19.4. The number of amides is 1. The SMILES string of the molecule is Cc1ccc(-c2cc(OC(=O)NC(C)c3cccnc3)cc(-n3nnnc3C(C)C)c2)c(Cl)c1. The van der Waals surface area contributed by atoms with Crippen LogP contribution in [0.3, 0.4) is 0 Å². The lowest BCUT2D eigenvalue weighted by Gasteiger charge is -2.16. The highest BCUT2D eigenvalue weighted by atomic mass is 35.5. The van der Waals surface area contributed by atoms with E-state index in [1.807, 2.05) is 64.1 Å². The summed E-state index contributed by atoms with van der Waals surface area (Å²) in [5, 5.41) is 15.5. The Morgan fingerprint density at radius 3 is 2.65 bits per heavy atom. The number of halogens is 1. The second kappa shape index (κ2) is 10.0. The van der Waals surface area contributed by atoms with Gasteiger partial charge in [-0.15, -0.1) is 5.10 Å². The fourth-order valence-corrected chi connectivity index (χ4v) is 3.89. The van der Waals surface area contributed by atoms with Crippen molar-refractivity contribution in [3.63, 3.8) is 0 Å². The minimum absolute atomic E-state index is 0.0922. The van der Waals surface area contributed by atoms with Gasteiger partial charge in [-0.05, 0) is 65.2 Å². The van der Waals surface area contributed by atoms with Crippen LogP contribution >= 0.6 is 11.6 Å². The standard InChI is InChI=1S/C25H25ClN6O2/c1-15(2)24-29-30-31-32(24)20-11-19(22-8-7-16(3)10-23(22)26)12-21(13-20)34-25(33)28-17(4)18-6-5-9-27-14-18/h5-15,17H,1-4H3,(H,28,33). The molecule has 4 aromatic rings. The van der Waals surface area contributed by atoms with Crippen LogP contribution in [-0.2, 0) is 0 Å². The molecule has 0 aliphatic heterocycles. The lowest BCUT2D eigenvalue weighted by Crippen LogP contribution is -2.29. The molecule has 2 aromatic heterocycles. The molecule has 1 unspecified atom stereocenters. The number of tetrazole rings is 1. The van der Waals surface area contributed by atoms with Gasteiger partial charge >= 0.3 is 6.09 Å². The number of nitrogens with zero attached hydrogens (tertiary/aromatic N) is 5. The van der Waals surface area contributed by atoms with Gasteiger partial charge in [0, 0.05) is 35.0 Å². The Balaban J connectivity index is 1.70. The normalized spacial score (nSPS) is 11.9. The van der Waals surface area contributed by atoms with Crippen molar-refractivity contribution in [3.8, 4) is 22.6 Å². The van der Waals surface area contributed by atoms with E-state index >= 15 is 0 Å². The number of ether oxygens (including phenoxy) is 1. The third-order valence-corrected chi connectivity index (χ3v) is 5.62. The second-order valence-electron chi connectivity index (χ2n) is 8.34. The van der Waals surface area contributed by atoms with E-state index in [4.69, 9.17) is 16.3 Å². The van der Waals surface area contributed by atoms with E-state index in [1.54, 1.807) is 29.2 Å². The predicted molar refractivity (Wildman–Crippen MR) is 130 cm³/mol. The van der Waals surface area contributed by atoms with Gasteiger partial charge in [-0.1, -0.05) is 43.6 Å². The smallest absolute Gasteiger partial charge is 0.410 e. The summed E-state index contributed by atoms with van der Waals surface area (Å²) in [7, 11) is 0. The molecule has 0 aliphatic rings. The molecule has 0 aliphatic carbocycles. The number of aromatic nitrogens is 5. The van der Waals surface area contributed by atoms with E-state index in [1.165, 1.54) is 0 Å². The summed E-state index contributed by atoms with van der Waals surface area (Å²) in [6.45, 7) is 7.85. The summed E-state index contributed by atoms with van der Waals surface area (Å²) in [4.78, 5) is 16.8. The topological polar surface area (TPSA) is 94.8 Å². The van der Waals surface area contributed by atoms with Crippen LogP contribution in [0.4, 0.5) is 4.79 Å². The molecular weight excluding hydrogens is 452 g/mol. The van der Waals surface area contributed by atoms with Crippen molar-refractivity contribution in [1.29, 1.82) is 0 Å². The third-order valence-electron chi connectivity index (χ3n) is 5.31. The number of carbonyl (C=O) groups is 1. The summed E-state index contributed by atoms with van der Waals surface area (Å²) < 4.78 is 7.31. The first-order chi connectivity index (χ1) is 16.3. The van der Waals surface area contributed by atoms with E-state index in [-0.39, 0.29) is 12.0 Å². The largest absolute Gasteiger partial charge is 0.413 e. The molecule has 0 fully saturated rings. The van der Waals surface area contributed by atoms with Crippen LogP contribution in [0.15, 0.2) is 60.9 Å². The van der Waals surface area contributed by atoms with Crippen molar-refractivity contribution in [2.24, 2.45) is 0 Å². The molecule has 0 saturated carbocycles. The van der Waals surface area contributed by atoms with Gasteiger partial charge in [-0.25, -0.2) is 4.79 Å². The Morgan fingerprint density at radius 1 is 1.12 bits per heavy atom. The maximum Gasteiger partial charge on any atom is 0.413 e. The first-order valence-electron chi connectivity index (χ1n) is 10.9. The first-order valence-corrected chi connectivity index (χ1v) is 11.3. The molecule has 1 atom stereocenters. The number of hydrogen-bond acceptors (Lipinski definition) is 6. The van der Waals surface area contributed by atoms with E-state index in [2.05, 4.69) is 25.8 Å². The molecule has 0 radical (unpaired) electrons. The van der Waals surface area contributed by atoms with Crippen molar-refractivity contribution in [3.05, 3.63) is 82.9 Å². The Kier molecular flexibility index (Phi) is 6.88. The van der Waals surface area contributed by atoms with Crippen molar-refractivity contribution < 1.29 is 9.53 Å². The number of aryl methyl sites for hydroxylation is 1. The molecule has 4 rings (SSSR count). The van der Waals surface area contributed by atoms with Gasteiger partial charge in [0.25, 0.3) is 0 Å². The van der Waals surface area contributed by atoms with Crippen LogP contribution < -0.4 is 10.1 Å². The fraction of sp³-hybridized carbons (Fsp3) is 0.240. The molecule has 2 aromatic carbocycles. The van der Waals surface area contributed by atoms with Gasteiger partial charge in [-0.3, -0.25) is 4.98 Å². The summed E-state index contributed by atoms with van der Waals surface area (Å²) >= 11 is 6.54. The Labute approximate surface area is 202 Å². The van der Waals surface area contributed by atoms with Crippen LogP contribution in [0, 0.1) is 6.92 Å². The highest BCUT2D eigenvalue weighted by Gasteiger charge is 2.17. The van der Waals surface area contributed by atoms with Crippen molar-refractivity contribution >= 4 is 17.7 Å². The van der Waals surface area contributed by atoms with Gasteiger partial charge in [0.15, 0.2) is 5.82 Å². The predicted octanol–water partition coefficient (Wildman–Crippen LogP) is 5.66. The molecule has 1 N–H and O–H groups in total. The van der Waals surface area contributed by atoms with Crippen LogP contribution in [0.25, 0.3) is 16.8 Å². The molecule has 8 nitrogen and oxygen atoms in total. The highest BCUT2D eigenvalue weighted by Crippen LogP contribution is 2.33. The molecule has 34 heavy (non-hydrogen) atoms. The number of pyridine rings is 1. The van der Waals surface area contributed by atoms with Gasteiger partial charge < -0.3 is 10.1 Å². The number of hydrogen-bond donors (Lipinski definition) is 1. The quantitative estimate of drug-likeness (QED) is 0.386. The molecule has 0 saturated heterocycles. The van der Waals surface area contributed by atoms with Crippen molar-refractivity contribution in [1.82, 2.24) is 30.5 Å². The number of rotatable bonds is 6. The lowest BCUT2D eigenvalue weighted by molar-refractivity contribution is 0.197. The zero-order valence-corrected chi connectivity index (χ0v) is 20.1. The summed E-state index contributed by atoms with van der Waals surface area (Å²) in [6, 6.07) is 14.7. The molecule has 1 amide bonds. The molecule has 2 heterocycles. The number of nitrogens with one attached hydrogen (secondary N) is 1. The van der Waals surface area contributed by atoms with Crippen LogP contribution in [-0.4, -0.2) is 31.3 Å². The Hall–Kier alpha value is -3.78. The highest BCUT2D eigenvalue weighted by molar-refractivity contribution is 6.33. The Bertz CT molecular complexity index is 1310. The first kappa shape index (κ1) is 23.4. The monoisotopic (exact) mass is 476 g/mol. The van der Waals surface area contributed by atoms with E-state index in [9.17, 15) is 4.79 Å². The van der Waals surface area contributed by atoms with Crippen LogP contribution in [0.2, 0.25) is 5.02 Å². The summed E-state index contributed by atoms with van der Waals surface area (Å²) in [6.07, 6.45) is 2.80. The summed E-state index contributed by atoms with van der Waals surface area (Å²) in [5.41, 5.74) is 4.16. The molecule has 0 bridgehead atoms. The number of carbonyl (C=O) groups excluding carboxylic acids is 1. The minimum atomic E-state index is -0.588.